The van der Waals surface area contributed by atoms with Crippen molar-refractivity contribution in [3.8, 4) is 22.6 Å². The molecule has 1 aliphatic rings. The number of hydrogen-bond donors (Lipinski definition) is 0. The molecule has 6 rings (SSSR count). The first-order valence-corrected chi connectivity index (χ1v) is 13.3. The Hall–Kier alpha value is -3.28. The molecule has 0 unspecified atom stereocenters. The highest BCUT2D eigenvalue weighted by Crippen LogP contribution is 2.45. The number of anilines is 3. The summed E-state index contributed by atoms with van der Waals surface area (Å²) in [6.07, 6.45) is 0. The predicted molar refractivity (Wildman–Crippen MR) is 155 cm³/mol. The zero-order chi connectivity index (χ0) is 24.9. The SMILES string of the molecule is CC1(C)Oc2ccc(-c3ccc(N(c4ccc(Br)cc4)c4ccc(Br)cc4)c4ccccc34)cc2O1. The zero-order valence-electron chi connectivity index (χ0n) is 19.8. The Morgan fingerprint density at radius 3 is 1.83 bits per heavy atom. The first kappa shape index (κ1) is 23.1. The zero-order valence-corrected chi connectivity index (χ0v) is 23.0. The lowest BCUT2D eigenvalue weighted by atomic mass is 9.96. The highest BCUT2D eigenvalue weighted by molar-refractivity contribution is 9.10. The molecular formula is C31H23Br2NO2. The lowest BCUT2D eigenvalue weighted by Crippen LogP contribution is -2.29. The highest BCUT2D eigenvalue weighted by Gasteiger charge is 2.31. The molecule has 0 aliphatic carbocycles. The molecule has 0 atom stereocenters. The maximum atomic E-state index is 6.03. The summed E-state index contributed by atoms with van der Waals surface area (Å²) in [4.78, 5) is 2.30. The van der Waals surface area contributed by atoms with Crippen LogP contribution >= 0.6 is 31.9 Å². The van der Waals surface area contributed by atoms with Crippen LogP contribution in [0.3, 0.4) is 0 Å². The number of benzene rings is 5. The predicted octanol–water partition coefficient (Wildman–Crippen LogP) is 10.0. The van der Waals surface area contributed by atoms with Gasteiger partial charge in [-0.3, -0.25) is 0 Å². The summed E-state index contributed by atoms with van der Waals surface area (Å²) in [5.74, 6) is 0.904. The minimum atomic E-state index is -0.650. The van der Waals surface area contributed by atoms with E-state index in [1.54, 1.807) is 0 Å². The van der Waals surface area contributed by atoms with Crippen molar-refractivity contribution in [2.24, 2.45) is 0 Å². The monoisotopic (exact) mass is 599 g/mol. The van der Waals surface area contributed by atoms with Crippen LogP contribution in [0, 0.1) is 0 Å². The van der Waals surface area contributed by atoms with E-state index >= 15 is 0 Å². The maximum absolute atomic E-state index is 6.03. The van der Waals surface area contributed by atoms with Gasteiger partial charge in [-0.2, -0.15) is 0 Å². The topological polar surface area (TPSA) is 21.7 Å². The van der Waals surface area contributed by atoms with E-state index in [2.05, 4.69) is 134 Å². The van der Waals surface area contributed by atoms with Gasteiger partial charge < -0.3 is 14.4 Å². The minimum absolute atomic E-state index is 0.650. The van der Waals surface area contributed by atoms with Gasteiger partial charge in [0.05, 0.1) is 5.69 Å². The summed E-state index contributed by atoms with van der Waals surface area (Å²) in [6.45, 7) is 3.85. The van der Waals surface area contributed by atoms with Crippen LogP contribution < -0.4 is 14.4 Å². The number of rotatable bonds is 4. The quantitative estimate of drug-likeness (QED) is 0.205. The van der Waals surface area contributed by atoms with Crippen molar-refractivity contribution in [3.05, 3.63) is 112 Å². The lowest BCUT2D eigenvalue weighted by molar-refractivity contribution is -0.0431. The minimum Gasteiger partial charge on any atom is -0.449 e. The van der Waals surface area contributed by atoms with Crippen molar-refractivity contribution in [1.29, 1.82) is 0 Å². The molecule has 0 amide bonds. The first-order chi connectivity index (χ1) is 17.4. The van der Waals surface area contributed by atoms with Crippen molar-refractivity contribution in [1.82, 2.24) is 0 Å². The Morgan fingerprint density at radius 1 is 0.611 bits per heavy atom. The van der Waals surface area contributed by atoms with Crippen molar-refractivity contribution >= 4 is 59.7 Å². The molecule has 0 bridgehead atoms. The largest absolute Gasteiger partial charge is 0.449 e. The highest BCUT2D eigenvalue weighted by atomic mass is 79.9. The molecule has 1 aliphatic heterocycles. The molecule has 0 fully saturated rings. The Kier molecular flexibility index (Phi) is 5.78. The Balaban J connectivity index is 1.53. The summed E-state index contributed by atoms with van der Waals surface area (Å²) in [5, 5.41) is 2.34. The number of ether oxygens (including phenoxy) is 2. The van der Waals surface area contributed by atoms with Crippen LogP contribution in [0.15, 0.2) is 112 Å². The van der Waals surface area contributed by atoms with Crippen molar-refractivity contribution in [3.63, 3.8) is 0 Å². The van der Waals surface area contributed by atoms with E-state index in [0.29, 0.717) is 0 Å². The van der Waals surface area contributed by atoms with E-state index < -0.39 is 5.79 Å². The van der Waals surface area contributed by atoms with Crippen LogP contribution in [0.1, 0.15) is 13.8 Å². The summed E-state index contributed by atoms with van der Waals surface area (Å²) in [7, 11) is 0. The van der Waals surface area contributed by atoms with Gasteiger partial charge >= 0.3 is 0 Å². The Labute approximate surface area is 227 Å². The van der Waals surface area contributed by atoms with Crippen molar-refractivity contribution in [2.45, 2.75) is 19.6 Å². The molecule has 1 heterocycles. The second-order valence-electron chi connectivity index (χ2n) is 9.23. The smallest absolute Gasteiger partial charge is 0.246 e. The van der Waals surface area contributed by atoms with E-state index in [4.69, 9.17) is 9.47 Å². The molecule has 0 aromatic heterocycles. The fraction of sp³-hybridized carbons (Fsp3) is 0.0968. The lowest BCUT2D eigenvalue weighted by Gasteiger charge is -2.27. The van der Waals surface area contributed by atoms with Crippen LogP contribution in [0.2, 0.25) is 0 Å². The van der Waals surface area contributed by atoms with Gasteiger partial charge in [0, 0.05) is 39.6 Å². The van der Waals surface area contributed by atoms with E-state index in [-0.39, 0.29) is 0 Å². The summed E-state index contributed by atoms with van der Waals surface area (Å²) >= 11 is 7.15. The second kappa shape index (κ2) is 8.99. The van der Waals surface area contributed by atoms with Gasteiger partial charge in [-0.15, -0.1) is 0 Å². The third kappa shape index (κ3) is 4.27. The van der Waals surface area contributed by atoms with Crippen LogP contribution in [-0.2, 0) is 0 Å². The molecule has 0 saturated carbocycles. The van der Waals surface area contributed by atoms with Crippen LogP contribution in [0.4, 0.5) is 17.1 Å². The molecule has 0 spiro atoms. The molecule has 5 aromatic rings. The standard InChI is InChI=1S/C31H23Br2NO2/c1-31(2)35-29-18-7-20(19-30(29)36-31)25-16-17-28(27-6-4-3-5-26(25)27)34(23-12-8-21(32)9-13-23)24-14-10-22(33)11-15-24/h3-19H,1-2H3. The van der Waals surface area contributed by atoms with Gasteiger partial charge in [0.15, 0.2) is 11.5 Å². The van der Waals surface area contributed by atoms with Crippen LogP contribution in [-0.4, -0.2) is 5.79 Å². The third-order valence-electron chi connectivity index (χ3n) is 6.28. The molecular weight excluding hydrogens is 578 g/mol. The van der Waals surface area contributed by atoms with Crippen LogP contribution in [0.5, 0.6) is 11.5 Å². The molecule has 36 heavy (non-hydrogen) atoms. The number of halogens is 2. The van der Waals surface area contributed by atoms with Crippen molar-refractivity contribution in [2.75, 3.05) is 4.90 Å². The fourth-order valence-corrected chi connectivity index (χ4v) is 5.26. The van der Waals surface area contributed by atoms with Crippen LogP contribution in [0.25, 0.3) is 21.9 Å². The molecule has 3 nitrogen and oxygen atoms in total. The van der Waals surface area contributed by atoms with E-state index in [1.165, 1.54) is 10.8 Å². The molecule has 0 N–H and O–H groups in total. The average molecular weight is 601 g/mol. The van der Waals surface area contributed by atoms with Crippen molar-refractivity contribution < 1.29 is 9.47 Å². The summed E-state index contributed by atoms with van der Waals surface area (Å²) in [5.41, 5.74) is 5.53. The molecule has 5 heteroatoms. The van der Waals surface area contributed by atoms with Gasteiger partial charge in [0.25, 0.3) is 0 Å². The van der Waals surface area contributed by atoms with E-state index in [0.717, 1.165) is 48.6 Å². The molecule has 0 saturated heterocycles. The third-order valence-corrected chi connectivity index (χ3v) is 7.34. The Morgan fingerprint density at radius 2 is 1.19 bits per heavy atom. The molecule has 5 aromatic carbocycles. The van der Waals surface area contributed by atoms with Gasteiger partial charge in [-0.1, -0.05) is 68.3 Å². The van der Waals surface area contributed by atoms with Gasteiger partial charge in [-0.25, -0.2) is 0 Å². The summed E-state index contributed by atoms with van der Waals surface area (Å²) < 4.78 is 14.0. The van der Waals surface area contributed by atoms with Gasteiger partial charge in [0.1, 0.15) is 0 Å². The maximum Gasteiger partial charge on any atom is 0.246 e. The first-order valence-electron chi connectivity index (χ1n) is 11.7. The second-order valence-corrected chi connectivity index (χ2v) is 11.1. The summed E-state index contributed by atoms with van der Waals surface area (Å²) in [6, 6.07) is 36.0. The van der Waals surface area contributed by atoms with Gasteiger partial charge in [0.2, 0.25) is 5.79 Å². The molecule has 178 valence electrons. The fourth-order valence-electron chi connectivity index (χ4n) is 4.73. The Bertz CT molecular complexity index is 1530. The number of fused-ring (bicyclic) bond motifs is 2. The van der Waals surface area contributed by atoms with E-state index in [1.807, 2.05) is 19.9 Å². The van der Waals surface area contributed by atoms with E-state index in [9.17, 15) is 0 Å². The number of hydrogen-bond acceptors (Lipinski definition) is 3. The van der Waals surface area contributed by atoms with Gasteiger partial charge in [-0.05, 0) is 83.2 Å². The normalized spacial score (nSPS) is 13.7. The molecule has 0 radical (unpaired) electrons. The average Bonchev–Trinajstić information content (AvgIpc) is 3.19. The number of nitrogens with zero attached hydrogens (tertiary/aromatic N) is 1.